The summed E-state index contributed by atoms with van der Waals surface area (Å²) in [6, 6.07) is 12.2. The maximum atomic E-state index is 14.7. The maximum absolute atomic E-state index is 14.7. The van der Waals surface area contributed by atoms with Crippen LogP contribution in [0.3, 0.4) is 0 Å². The monoisotopic (exact) mass is 761 g/mol. The van der Waals surface area contributed by atoms with Gasteiger partial charge in [0.2, 0.25) is 23.6 Å². The highest BCUT2D eigenvalue weighted by Crippen LogP contribution is 2.64. The van der Waals surface area contributed by atoms with Crippen molar-refractivity contribution in [1.29, 1.82) is 0 Å². The molecule has 2 aliphatic heterocycles. The van der Waals surface area contributed by atoms with Crippen molar-refractivity contribution in [2.24, 2.45) is 29.1 Å². The number of aliphatic hydroxyl groups is 1. The quantitative estimate of drug-likeness (QED) is 0.131. The van der Waals surface area contributed by atoms with Crippen molar-refractivity contribution >= 4 is 63.7 Å². The molecule has 0 aromatic heterocycles. The van der Waals surface area contributed by atoms with Crippen molar-refractivity contribution in [3.8, 4) is 5.75 Å². The molecule has 3 aromatic rings. The third kappa shape index (κ3) is 5.34. The van der Waals surface area contributed by atoms with Crippen molar-refractivity contribution in [2.45, 2.75) is 25.7 Å². The zero-order chi connectivity index (χ0) is 39.0. The van der Waals surface area contributed by atoms with Crippen LogP contribution >= 0.6 is 11.6 Å². The first-order valence-electron chi connectivity index (χ1n) is 17.0. The van der Waals surface area contributed by atoms with Gasteiger partial charge in [-0.1, -0.05) is 41.4 Å². The summed E-state index contributed by atoms with van der Waals surface area (Å²) < 4.78 is 20.1. The van der Waals surface area contributed by atoms with Gasteiger partial charge in [-0.3, -0.25) is 39.4 Å². The summed E-state index contributed by atoms with van der Waals surface area (Å²) in [4.78, 5) is 83.4. The van der Waals surface area contributed by atoms with E-state index in [2.05, 4.69) is 0 Å². The summed E-state index contributed by atoms with van der Waals surface area (Å²) in [6.07, 6.45) is 1.75. The Hall–Kier alpha value is -5.74. The van der Waals surface area contributed by atoms with Crippen molar-refractivity contribution in [1.82, 2.24) is 0 Å². The smallest absolute Gasteiger partial charge is 0.301 e. The molecular weight excluding hydrogens is 729 g/mol. The fraction of sp³-hybridized carbons (Fsp3) is 0.351. The van der Waals surface area contributed by atoms with E-state index in [4.69, 9.17) is 16.3 Å². The molecule has 2 saturated heterocycles. The molecule has 15 nitrogen and oxygen atoms in total. The highest BCUT2D eigenvalue weighted by Gasteiger charge is 2.68. The van der Waals surface area contributed by atoms with Gasteiger partial charge >= 0.3 is 11.4 Å². The molecule has 17 heteroatoms. The number of rotatable bonds is 9. The van der Waals surface area contributed by atoms with Gasteiger partial charge in [0.05, 0.1) is 56.0 Å². The molecule has 7 rings (SSSR count). The van der Waals surface area contributed by atoms with Crippen molar-refractivity contribution in [3.05, 3.63) is 103 Å². The number of benzene rings is 3. The number of fused-ring (bicyclic) bond motifs is 4. The average molecular weight is 762 g/mol. The van der Waals surface area contributed by atoms with Crippen LogP contribution in [0, 0.1) is 55.1 Å². The molecule has 2 heterocycles. The Morgan fingerprint density at radius 2 is 1.61 bits per heavy atom. The van der Waals surface area contributed by atoms with Gasteiger partial charge in [0.1, 0.15) is 18.2 Å². The summed E-state index contributed by atoms with van der Waals surface area (Å²) in [5.74, 6) is -7.97. The van der Waals surface area contributed by atoms with Gasteiger partial charge in [0, 0.05) is 37.7 Å². The van der Waals surface area contributed by atoms with Gasteiger partial charge in [-0.15, -0.1) is 0 Å². The van der Waals surface area contributed by atoms with Crippen LogP contribution in [0.15, 0.2) is 66.2 Å². The minimum Gasteiger partial charge on any atom is -0.491 e. The van der Waals surface area contributed by atoms with Gasteiger partial charge in [-0.2, -0.15) is 0 Å². The lowest BCUT2D eigenvalue weighted by Crippen LogP contribution is -2.49. The molecule has 0 spiro atoms. The number of carbonyl (C=O) groups excluding carboxylic acids is 4. The number of nitro groups is 2. The molecule has 2 aliphatic carbocycles. The molecule has 0 radical (unpaired) electrons. The number of hydrogen-bond acceptors (Lipinski definition) is 11. The number of halogens is 2. The lowest BCUT2D eigenvalue weighted by Gasteiger charge is -2.49. The van der Waals surface area contributed by atoms with E-state index in [1.165, 1.54) is 31.1 Å². The second-order valence-corrected chi connectivity index (χ2v) is 14.5. The third-order valence-electron chi connectivity index (χ3n) is 11.2. The maximum Gasteiger partial charge on any atom is 0.301 e. The molecule has 6 atom stereocenters. The van der Waals surface area contributed by atoms with Crippen LogP contribution in [0.1, 0.15) is 31.2 Å². The number of imide groups is 2. The molecule has 0 bridgehead atoms. The van der Waals surface area contributed by atoms with E-state index in [9.17, 15) is 48.9 Å². The van der Waals surface area contributed by atoms with E-state index >= 15 is 0 Å². The predicted octanol–water partition coefficient (Wildman–Crippen LogP) is 5.17. The second-order valence-electron chi connectivity index (χ2n) is 14.1. The van der Waals surface area contributed by atoms with Crippen molar-refractivity contribution in [3.63, 3.8) is 0 Å². The minimum absolute atomic E-state index is 0.0217. The highest BCUT2D eigenvalue weighted by molar-refractivity contribution is 6.32. The molecule has 3 fully saturated rings. The number of hydrogen-bond donors (Lipinski definition) is 1. The normalized spacial score (nSPS) is 26.0. The molecule has 54 heavy (non-hydrogen) atoms. The number of carbonyl (C=O) groups is 4. The molecule has 6 unspecified atom stereocenters. The Balaban J connectivity index is 1.37. The number of ether oxygens (including phenoxy) is 1. The van der Waals surface area contributed by atoms with Crippen LogP contribution in [0.4, 0.5) is 32.8 Å². The summed E-state index contributed by atoms with van der Waals surface area (Å²) >= 11 is 6.08. The van der Waals surface area contributed by atoms with Gasteiger partial charge < -0.3 is 14.7 Å². The van der Waals surface area contributed by atoms with Crippen LogP contribution in [0.25, 0.3) is 0 Å². The molecule has 1 saturated carbocycles. The first-order valence-corrected chi connectivity index (χ1v) is 17.4. The summed E-state index contributed by atoms with van der Waals surface area (Å²) in [5, 5.41) is 33.6. The Morgan fingerprint density at radius 3 is 2.22 bits per heavy atom. The van der Waals surface area contributed by atoms with Gasteiger partial charge in [0.15, 0.2) is 5.69 Å². The van der Waals surface area contributed by atoms with E-state index in [1.54, 1.807) is 37.3 Å². The fourth-order valence-electron chi connectivity index (χ4n) is 8.95. The Morgan fingerprint density at radius 1 is 0.944 bits per heavy atom. The van der Waals surface area contributed by atoms with E-state index in [0.717, 1.165) is 28.0 Å². The molecule has 1 N–H and O–H groups in total. The van der Waals surface area contributed by atoms with Crippen LogP contribution < -0.4 is 19.4 Å². The van der Waals surface area contributed by atoms with Gasteiger partial charge in [-0.25, -0.2) is 14.2 Å². The van der Waals surface area contributed by atoms with E-state index < -0.39 is 85.7 Å². The largest absolute Gasteiger partial charge is 0.491 e. The lowest BCUT2D eigenvalue weighted by molar-refractivity contribution is -0.392. The first-order chi connectivity index (χ1) is 25.6. The van der Waals surface area contributed by atoms with Crippen LogP contribution in [-0.2, 0) is 19.2 Å². The summed E-state index contributed by atoms with van der Waals surface area (Å²) in [7, 11) is 2.79. The molecule has 4 aliphatic rings. The lowest BCUT2D eigenvalue weighted by atomic mass is 9.51. The summed E-state index contributed by atoms with van der Waals surface area (Å²) in [5.41, 5.74) is -2.36. The summed E-state index contributed by atoms with van der Waals surface area (Å²) in [6.45, 7) is 1.25. The van der Waals surface area contributed by atoms with Crippen molar-refractivity contribution in [2.75, 3.05) is 42.0 Å². The number of nitro benzene ring substituents is 2. The highest BCUT2D eigenvalue weighted by atomic mass is 35.5. The number of para-hydroxylation sites is 1. The first kappa shape index (κ1) is 36.6. The fourth-order valence-corrected chi connectivity index (χ4v) is 9.12. The van der Waals surface area contributed by atoms with Gasteiger partial charge in [-0.05, 0) is 49.9 Å². The van der Waals surface area contributed by atoms with E-state index in [0.29, 0.717) is 16.9 Å². The SMILES string of the molecule is CN(C)c1c([N+](=O)[O-])cc(N2C(=O)C3CC=C4C(CC5C(=O)N(c6ccc(F)c(Cl)c6)C(=O)C5(C)C4c4ccccc4OCCO)C3C2=O)cc1[N+](=O)[O-]. The topological polar surface area (TPSA) is 194 Å². The standard InChI is InChI=1S/C37H33ClFN5O10/c1-37-24(34(47)42(36(37)49)18-8-11-26(39)25(38)14-18)17-23-20(31(37)21-6-4-5-7-29(21)54-13-12-45)9-10-22-30(23)35(48)41(33(22)46)19-15-27(43(50)51)32(40(2)3)28(16-19)44(52)53/h4-9,11,14-16,22-24,30-31,45H,10,12-13,17H2,1-3H3. The minimum atomic E-state index is -1.49. The van der Waals surface area contributed by atoms with Crippen molar-refractivity contribution < 1.29 is 43.3 Å². The Labute approximate surface area is 311 Å². The molecular formula is C37H33ClFN5O10. The molecule has 4 amide bonds. The zero-order valence-corrected chi connectivity index (χ0v) is 29.9. The number of allylic oxidation sites excluding steroid dienone is 2. The van der Waals surface area contributed by atoms with Gasteiger partial charge in [0.25, 0.3) is 0 Å². The Bertz CT molecular complexity index is 2180. The van der Waals surface area contributed by atoms with Crippen LogP contribution in [-0.4, -0.2) is 65.9 Å². The Kier molecular flexibility index (Phi) is 9.01. The third-order valence-corrected chi connectivity index (χ3v) is 11.5. The number of anilines is 3. The predicted molar refractivity (Wildman–Crippen MR) is 192 cm³/mol. The number of aliphatic hydroxyl groups excluding tert-OH is 1. The zero-order valence-electron chi connectivity index (χ0n) is 29.1. The molecule has 280 valence electrons. The number of nitrogens with zero attached hydrogens (tertiary/aromatic N) is 5. The second kappa shape index (κ2) is 13.3. The van der Waals surface area contributed by atoms with Crippen LogP contribution in [0.5, 0.6) is 5.75 Å². The van der Waals surface area contributed by atoms with E-state index in [-0.39, 0.29) is 48.1 Å². The van der Waals surface area contributed by atoms with Crippen LogP contribution in [0.2, 0.25) is 5.02 Å². The molecule has 3 aromatic carbocycles. The average Bonchev–Trinajstić information content (AvgIpc) is 3.50. The number of amides is 4. The van der Waals surface area contributed by atoms with E-state index in [1.807, 2.05) is 0 Å².